The van der Waals surface area contributed by atoms with Crippen LogP contribution in [0.2, 0.25) is 0 Å². The van der Waals surface area contributed by atoms with Crippen molar-refractivity contribution in [1.82, 2.24) is 9.97 Å². The number of rotatable bonds is 3. The summed E-state index contributed by atoms with van der Waals surface area (Å²) in [4.78, 5) is 8.04. The number of fused-ring (bicyclic) bond motifs is 1. The number of aromatic nitrogens is 2. The molecule has 1 atom stereocenters. The van der Waals surface area contributed by atoms with Crippen LogP contribution in [-0.2, 0) is 9.84 Å². The molecule has 1 unspecified atom stereocenters. The second kappa shape index (κ2) is 4.39. The first-order valence-electron chi connectivity index (χ1n) is 5.99. The van der Waals surface area contributed by atoms with E-state index in [0.717, 1.165) is 16.9 Å². The fourth-order valence-corrected chi connectivity index (χ4v) is 2.42. The van der Waals surface area contributed by atoms with Crippen LogP contribution >= 0.6 is 0 Å². The number of hydrogen-bond acceptors (Lipinski definition) is 3. The Kier molecular flexibility index (Phi) is 3.19. The van der Waals surface area contributed by atoms with Crippen molar-refractivity contribution in [3.63, 3.8) is 0 Å². The van der Waals surface area contributed by atoms with Gasteiger partial charge in [0, 0.05) is 12.2 Å². The molecule has 98 valence electrons. The highest BCUT2D eigenvalue weighted by atomic mass is 32.2. The van der Waals surface area contributed by atoms with Crippen LogP contribution in [0.5, 0.6) is 0 Å². The summed E-state index contributed by atoms with van der Waals surface area (Å²) in [7, 11) is -3.17. The van der Waals surface area contributed by atoms with Gasteiger partial charge in [0.1, 0.15) is 5.82 Å². The molecule has 4 nitrogen and oxygen atoms in total. The van der Waals surface area contributed by atoms with Gasteiger partial charge < -0.3 is 4.98 Å². The Labute approximate surface area is 107 Å². The zero-order chi connectivity index (χ0) is 13.5. The summed E-state index contributed by atoms with van der Waals surface area (Å²) in [5, 5.41) is 0. The minimum Gasteiger partial charge on any atom is -0.342 e. The summed E-state index contributed by atoms with van der Waals surface area (Å²) >= 11 is 0. The first kappa shape index (κ1) is 13.1. The summed E-state index contributed by atoms with van der Waals surface area (Å²) in [5.41, 5.74) is 1.59. The molecule has 0 aliphatic carbocycles. The van der Waals surface area contributed by atoms with Gasteiger partial charge in [-0.2, -0.15) is 0 Å². The standard InChI is InChI=1S/C13H18N2O2S/c1-8(2)9(3)13-14-11-6-5-10(18(4,16)17)7-12(11)15-13/h5-9H,1-4H3,(H,14,15). The summed E-state index contributed by atoms with van der Waals surface area (Å²) in [5.74, 6) is 1.71. The molecule has 0 amide bonds. The van der Waals surface area contributed by atoms with E-state index in [1.165, 1.54) is 6.26 Å². The fraction of sp³-hybridized carbons (Fsp3) is 0.462. The molecular formula is C13H18N2O2S. The van der Waals surface area contributed by atoms with Crippen LogP contribution < -0.4 is 0 Å². The van der Waals surface area contributed by atoms with Gasteiger partial charge in [-0.1, -0.05) is 20.8 Å². The van der Waals surface area contributed by atoms with Crippen molar-refractivity contribution >= 4 is 20.9 Å². The number of benzene rings is 1. The third kappa shape index (κ3) is 2.41. The molecule has 18 heavy (non-hydrogen) atoms. The van der Waals surface area contributed by atoms with Crippen molar-refractivity contribution < 1.29 is 8.42 Å². The lowest BCUT2D eigenvalue weighted by atomic mass is 9.98. The van der Waals surface area contributed by atoms with Crippen molar-refractivity contribution in [2.45, 2.75) is 31.6 Å². The Bertz CT molecular complexity index is 671. The lowest BCUT2D eigenvalue weighted by Crippen LogP contribution is -2.03. The number of nitrogens with one attached hydrogen (secondary N) is 1. The van der Waals surface area contributed by atoms with Crippen LogP contribution in [0, 0.1) is 5.92 Å². The predicted molar refractivity (Wildman–Crippen MR) is 72.5 cm³/mol. The Morgan fingerprint density at radius 3 is 2.44 bits per heavy atom. The average Bonchev–Trinajstić information content (AvgIpc) is 2.68. The highest BCUT2D eigenvalue weighted by Crippen LogP contribution is 2.24. The van der Waals surface area contributed by atoms with Gasteiger partial charge in [-0.05, 0) is 24.1 Å². The van der Waals surface area contributed by atoms with Gasteiger partial charge in [0.05, 0.1) is 15.9 Å². The SMILES string of the molecule is CC(C)C(C)c1nc2ccc(S(C)(=O)=O)cc2[nH]1. The molecule has 0 saturated carbocycles. The van der Waals surface area contributed by atoms with Crippen LogP contribution in [0.3, 0.4) is 0 Å². The topological polar surface area (TPSA) is 62.8 Å². The maximum absolute atomic E-state index is 11.5. The molecule has 0 saturated heterocycles. The van der Waals surface area contributed by atoms with Crippen molar-refractivity contribution in [2.24, 2.45) is 5.92 Å². The molecule has 1 heterocycles. The molecule has 1 aromatic heterocycles. The molecule has 0 radical (unpaired) electrons. The van der Waals surface area contributed by atoms with Crippen LogP contribution in [0.25, 0.3) is 11.0 Å². The van der Waals surface area contributed by atoms with E-state index in [2.05, 4.69) is 30.7 Å². The fourth-order valence-electron chi connectivity index (χ4n) is 1.77. The molecule has 0 fully saturated rings. The molecule has 0 bridgehead atoms. The van der Waals surface area contributed by atoms with Gasteiger partial charge in [0.2, 0.25) is 0 Å². The van der Waals surface area contributed by atoms with E-state index >= 15 is 0 Å². The number of nitrogens with zero attached hydrogens (tertiary/aromatic N) is 1. The third-order valence-corrected chi connectivity index (χ3v) is 4.44. The Hall–Kier alpha value is -1.36. The van der Waals surface area contributed by atoms with E-state index in [0.29, 0.717) is 16.7 Å². The van der Waals surface area contributed by atoms with Gasteiger partial charge in [-0.15, -0.1) is 0 Å². The van der Waals surface area contributed by atoms with E-state index in [-0.39, 0.29) is 0 Å². The van der Waals surface area contributed by atoms with E-state index in [1.54, 1.807) is 18.2 Å². The molecule has 0 aliphatic heterocycles. The first-order chi connectivity index (χ1) is 8.29. The maximum Gasteiger partial charge on any atom is 0.175 e. The summed E-state index contributed by atoms with van der Waals surface area (Å²) in [6.45, 7) is 6.39. The third-order valence-electron chi connectivity index (χ3n) is 3.33. The second-order valence-electron chi connectivity index (χ2n) is 5.11. The number of aromatic amines is 1. The number of hydrogen-bond donors (Lipinski definition) is 1. The summed E-state index contributed by atoms with van der Waals surface area (Å²) in [6.07, 6.45) is 1.21. The maximum atomic E-state index is 11.5. The summed E-state index contributed by atoms with van der Waals surface area (Å²) in [6, 6.07) is 5.00. The van der Waals surface area contributed by atoms with Crippen molar-refractivity contribution in [2.75, 3.05) is 6.26 Å². The normalized spacial score (nSPS) is 14.3. The number of H-pyrrole nitrogens is 1. The highest BCUT2D eigenvalue weighted by molar-refractivity contribution is 7.90. The number of sulfone groups is 1. The molecular weight excluding hydrogens is 248 g/mol. The van der Waals surface area contributed by atoms with E-state index in [1.807, 2.05) is 0 Å². The van der Waals surface area contributed by atoms with Gasteiger partial charge in [0.25, 0.3) is 0 Å². The monoisotopic (exact) mass is 266 g/mol. The Morgan fingerprint density at radius 1 is 1.22 bits per heavy atom. The summed E-state index contributed by atoms with van der Waals surface area (Å²) < 4.78 is 23.0. The van der Waals surface area contributed by atoms with Crippen molar-refractivity contribution in [1.29, 1.82) is 0 Å². The first-order valence-corrected chi connectivity index (χ1v) is 7.88. The zero-order valence-electron chi connectivity index (χ0n) is 11.1. The predicted octanol–water partition coefficient (Wildman–Crippen LogP) is 2.73. The van der Waals surface area contributed by atoms with E-state index in [4.69, 9.17) is 0 Å². The molecule has 2 aromatic rings. The van der Waals surface area contributed by atoms with Gasteiger partial charge in [-0.3, -0.25) is 0 Å². The lowest BCUT2D eigenvalue weighted by molar-refractivity contribution is 0.515. The smallest absolute Gasteiger partial charge is 0.175 e. The quantitative estimate of drug-likeness (QED) is 0.929. The second-order valence-corrected chi connectivity index (χ2v) is 7.12. The van der Waals surface area contributed by atoms with Crippen LogP contribution in [-0.4, -0.2) is 24.6 Å². The van der Waals surface area contributed by atoms with Crippen LogP contribution in [0.1, 0.15) is 32.5 Å². The molecule has 2 rings (SSSR count). The van der Waals surface area contributed by atoms with Crippen molar-refractivity contribution in [3.05, 3.63) is 24.0 Å². The Morgan fingerprint density at radius 2 is 1.89 bits per heavy atom. The van der Waals surface area contributed by atoms with Gasteiger partial charge in [-0.25, -0.2) is 13.4 Å². The van der Waals surface area contributed by atoms with Crippen LogP contribution in [0.4, 0.5) is 0 Å². The van der Waals surface area contributed by atoms with E-state index in [9.17, 15) is 8.42 Å². The minimum absolute atomic E-state index is 0.319. The van der Waals surface area contributed by atoms with Crippen molar-refractivity contribution in [3.8, 4) is 0 Å². The zero-order valence-corrected chi connectivity index (χ0v) is 11.9. The molecule has 0 spiro atoms. The molecule has 1 N–H and O–H groups in total. The largest absolute Gasteiger partial charge is 0.342 e. The average molecular weight is 266 g/mol. The molecule has 0 aliphatic rings. The van der Waals surface area contributed by atoms with E-state index < -0.39 is 9.84 Å². The molecule has 5 heteroatoms. The Balaban J connectivity index is 2.53. The highest BCUT2D eigenvalue weighted by Gasteiger charge is 2.15. The molecule has 1 aromatic carbocycles. The number of imidazole rings is 1. The van der Waals surface area contributed by atoms with Crippen LogP contribution in [0.15, 0.2) is 23.1 Å². The minimum atomic E-state index is -3.17. The van der Waals surface area contributed by atoms with Gasteiger partial charge >= 0.3 is 0 Å². The lowest BCUT2D eigenvalue weighted by Gasteiger charge is -2.11. The van der Waals surface area contributed by atoms with Gasteiger partial charge in [0.15, 0.2) is 9.84 Å².